The summed E-state index contributed by atoms with van der Waals surface area (Å²) in [6, 6.07) is 1.32. The molecule has 0 aliphatic carbocycles. The highest BCUT2D eigenvalue weighted by Crippen LogP contribution is 2.46. The van der Waals surface area contributed by atoms with Crippen LogP contribution >= 0.6 is 34.8 Å². The number of benzene rings is 1. The zero-order chi connectivity index (χ0) is 13.3. The average molecular weight is 296 g/mol. The molecular weight excluding hydrogens is 296 g/mol. The van der Waals surface area contributed by atoms with E-state index in [4.69, 9.17) is 40.1 Å². The second-order valence-electron chi connectivity index (χ2n) is 2.64. The predicted octanol–water partition coefficient (Wildman–Crippen LogP) is 3.33. The second-order valence-corrected chi connectivity index (χ2v) is 3.77. The van der Waals surface area contributed by atoms with Crippen LogP contribution in [0.4, 0.5) is 11.4 Å². The molecule has 0 N–H and O–H groups in total. The lowest BCUT2D eigenvalue weighted by atomic mass is 10.1. The van der Waals surface area contributed by atoms with Gasteiger partial charge >= 0.3 is 11.4 Å². The van der Waals surface area contributed by atoms with Crippen LogP contribution in [0.1, 0.15) is 5.56 Å². The number of halogens is 3. The maximum absolute atomic E-state index is 10.7. The number of nitro benzene ring substituents is 2. The van der Waals surface area contributed by atoms with E-state index in [9.17, 15) is 20.2 Å². The predicted molar refractivity (Wildman–Crippen MR) is 59.5 cm³/mol. The summed E-state index contributed by atoms with van der Waals surface area (Å²) in [7, 11) is 0. The van der Waals surface area contributed by atoms with Gasteiger partial charge in [0.25, 0.3) is 0 Å². The minimum absolute atomic E-state index is 0.536. The van der Waals surface area contributed by atoms with Crippen molar-refractivity contribution in [3.05, 3.63) is 40.9 Å². The summed E-state index contributed by atoms with van der Waals surface area (Å²) >= 11 is 16.6. The molecule has 0 bridgehead atoms. The van der Waals surface area contributed by atoms with Gasteiger partial charge in [-0.25, -0.2) is 0 Å². The Hall–Kier alpha value is -1.62. The molecule has 1 rings (SSSR count). The second kappa shape index (κ2) is 4.71. The van der Waals surface area contributed by atoms with E-state index in [0.29, 0.717) is 0 Å². The average Bonchev–Trinajstić information content (AvgIpc) is 2.23. The van der Waals surface area contributed by atoms with Gasteiger partial charge < -0.3 is 0 Å². The molecule has 88 valence electrons. The van der Waals surface area contributed by atoms with E-state index in [2.05, 4.69) is 0 Å². The van der Waals surface area contributed by atoms with Crippen molar-refractivity contribution in [3.63, 3.8) is 0 Å². The van der Waals surface area contributed by atoms with Crippen LogP contribution in [-0.2, 0) is 0 Å². The molecule has 10 heteroatoms. The van der Waals surface area contributed by atoms with Crippen molar-refractivity contribution in [1.82, 2.24) is 0 Å². The summed E-state index contributed by atoms with van der Waals surface area (Å²) in [6.45, 7) is 0. The van der Waals surface area contributed by atoms with E-state index in [1.54, 1.807) is 0 Å². The summed E-state index contributed by atoms with van der Waals surface area (Å²) in [5, 5.41) is 28.3. The van der Waals surface area contributed by atoms with Gasteiger partial charge in [0, 0.05) is 0 Å². The van der Waals surface area contributed by atoms with E-state index in [0.717, 1.165) is 0 Å². The number of hydrogen-bond acceptors (Lipinski definition) is 5. The Morgan fingerprint density at radius 3 is 1.53 bits per heavy atom. The molecule has 0 heterocycles. The highest BCUT2D eigenvalue weighted by atomic mass is 35.5. The zero-order valence-electron chi connectivity index (χ0n) is 7.61. The maximum atomic E-state index is 10.7. The quantitative estimate of drug-likeness (QED) is 0.472. The van der Waals surface area contributed by atoms with E-state index in [1.807, 2.05) is 0 Å². The monoisotopic (exact) mass is 295 g/mol. The van der Waals surface area contributed by atoms with Crippen LogP contribution in [0.2, 0.25) is 15.1 Å². The van der Waals surface area contributed by atoms with Gasteiger partial charge in [0.2, 0.25) is 5.56 Å². The third-order valence-corrected chi connectivity index (χ3v) is 3.06. The highest BCUT2D eigenvalue weighted by Gasteiger charge is 2.35. The summed E-state index contributed by atoms with van der Waals surface area (Å²) in [6.07, 6.45) is 0. The lowest BCUT2D eigenvalue weighted by Gasteiger charge is -2.04. The van der Waals surface area contributed by atoms with Crippen molar-refractivity contribution in [1.29, 1.82) is 5.26 Å². The van der Waals surface area contributed by atoms with Gasteiger partial charge in [-0.05, 0) is 0 Å². The number of nitriles is 1. The SMILES string of the molecule is N#Cc1c([N+](=O)[O-])c(Cl)c(Cl)c(Cl)c1[N+](=O)[O-]. The van der Waals surface area contributed by atoms with Crippen molar-refractivity contribution in [2.75, 3.05) is 0 Å². The molecule has 0 aromatic heterocycles. The first kappa shape index (κ1) is 13.4. The molecule has 0 unspecified atom stereocenters. The Morgan fingerprint density at radius 2 is 1.29 bits per heavy atom. The Morgan fingerprint density at radius 1 is 0.941 bits per heavy atom. The van der Waals surface area contributed by atoms with Crippen LogP contribution < -0.4 is 0 Å². The lowest BCUT2D eigenvalue weighted by molar-refractivity contribution is -0.394. The first-order valence-corrected chi connectivity index (χ1v) is 4.85. The summed E-state index contributed by atoms with van der Waals surface area (Å²) in [4.78, 5) is 19.3. The van der Waals surface area contributed by atoms with Crippen molar-refractivity contribution in [3.8, 4) is 6.07 Å². The molecular formula is C7Cl3N3O4. The number of nitrogens with zero attached hydrogens (tertiary/aromatic N) is 3. The standard InChI is InChI=1S/C7Cl3N3O4/c8-3-4(9)6(12(14)15)2(1-11)7(5(3)10)13(16)17. The molecule has 0 aliphatic rings. The number of nitro groups is 2. The topological polar surface area (TPSA) is 110 Å². The maximum Gasteiger partial charge on any atom is 0.314 e. The normalized spacial score (nSPS) is 9.76. The van der Waals surface area contributed by atoms with Gasteiger partial charge in [-0.1, -0.05) is 34.8 Å². The van der Waals surface area contributed by atoms with Gasteiger partial charge in [0.15, 0.2) is 0 Å². The van der Waals surface area contributed by atoms with Gasteiger partial charge in [-0.3, -0.25) is 20.2 Å². The fourth-order valence-corrected chi connectivity index (χ4v) is 1.83. The minimum Gasteiger partial charge on any atom is -0.258 e. The Bertz CT molecular complexity index is 540. The lowest BCUT2D eigenvalue weighted by Crippen LogP contribution is -2.01. The molecule has 17 heavy (non-hydrogen) atoms. The molecule has 0 spiro atoms. The van der Waals surface area contributed by atoms with Crippen LogP contribution in [0.3, 0.4) is 0 Å². The zero-order valence-corrected chi connectivity index (χ0v) is 9.88. The molecule has 1 aromatic rings. The first-order chi connectivity index (χ1) is 7.82. The molecule has 0 atom stereocenters. The van der Waals surface area contributed by atoms with Crippen LogP contribution in [0.5, 0.6) is 0 Å². The fourth-order valence-electron chi connectivity index (χ4n) is 1.08. The smallest absolute Gasteiger partial charge is 0.258 e. The summed E-state index contributed by atoms with van der Waals surface area (Å²) < 4.78 is 0. The van der Waals surface area contributed by atoms with Crippen molar-refractivity contribution in [2.24, 2.45) is 0 Å². The largest absolute Gasteiger partial charge is 0.314 e. The van der Waals surface area contributed by atoms with Crippen molar-refractivity contribution >= 4 is 46.2 Å². The van der Waals surface area contributed by atoms with Crippen LogP contribution in [0.25, 0.3) is 0 Å². The van der Waals surface area contributed by atoms with Crippen LogP contribution in [0.15, 0.2) is 0 Å². The number of hydrogen-bond donors (Lipinski definition) is 0. The van der Waals surface area contributed by atoms with E-state index in [1.165, 1.54) is 6.07 Å². The third-order valence-electron chi connectivity index (χ3n) is 1.75. The van der Waals surface area contributed by atoms with Crippen molar-refractivity contribution in [2.45, 2.75) is 0 Å². The van der Waals surface area contributed by atoms with E-state index >= 15 is 0 Å². The third kappa shape index (κ3) is 2.10. The Kier molecular flexibility index (Phi) is 3.72. The van der Waals surface area contributed by atoms with Crippen LogP contribution in [-0.4, -0.2) is 9.85 Å². The molecule has 0 fully saturated rings. The molecule has 0 saturated heterocycles. The molecule has 0 amide bonds. The van der Waals surface area contributed by atoms with E-state index < -0.39 is 41.9 Å². The fraction of sp³-hybridized carbons (Fsp3) is 0. The summed E-state index contributed by atoms with van der Waals surface area (Å²) in [5.74, 6) is 0. The molecule has 0 radical (unpaired) electrons. The van der Waals surface area contributed by atoms with Gasteiger partial charge in [-0.2, -0.15) is 5.26 Å². The molecule has 7 nitrogen and oxygen atoms in total. The van der Waals surface area contributed by atoms with Crippen LogP contribution in [0, 0.1) is 31.6 Å². The van der Waals surface area contributed by atoms with Gasteiger partial charge in [0.1, 0.15) is 16.1 Å². The first-order valence-electron chi connectivity index (χ1n) is 3.72. The molecule has 0 aliphatic heterocycles. The number of rotatable bonds is 2. The highest BCUT2D eigenvalue weighted by molar-refractivity contribution is 6.50. The molecule has 0 saturated carbocycles. The minimum atomic E-state index is -1.03. The van der Waals surface area contributed by atoms with Crippen molar-refractivity contribution < 1.29 is 9.85 Å². The van der Waals surface area contributed by atoms with E-state index in [-0.39, 0.29) is 0 Å². The summed E-state index contributed by atoms with van der Waals surface area (Å²) in [5.41, 5.74) is -2.70. The molecule has 1 aromatic carbocycles. The Labute approximate surface area is 108 Å². The van der Waals surface area contributed by atoms with Gasteiger partial charge in [-0.15, -0.1) is 0 Å². The van der Waals surface area contributed by atoms with Gasteiger partial charge in [0.05, 0.1) is 14.9 Å². The Balaban J connectivity index is 3.94.